The van der Waals surface area contributed by atoms with Crippen LogP contribution in [0.1, 0.15) is 42.6 Å². The zero-order valence-corrected chi connectivity index (χ0v) is 22.6. The smallest absolute Gasteiger partial charge is 0.328 e. The molecular weight excluding hydrogens is 510 g/mol. The molecule has 0 spiro atoms. The molecule has 1 atom stereocenters. The van der Waals surface area contributed by atoms with Gasteiger partial charge in [-0.15, -0.1) is 11.8 Å². The van der Waals surface area contributed by atoms with Crippen molar-refractivity contribution in [2.45, 2.75) is 43.4 Å². The summed E-state index contributed by atoms with van der Waals surface area (Å²) in [6.45, 7) is 3.78. The SMILES string of the molecule is CCOC(=O)CC[C@H](NC(=O)c1ccccc1SCc1ccc2nc(OC)c(OC)nc2c1)C(=O)OCC. The highest BCUT2D eigenvalue weighted by Gasteiger charge is 2.25. The molecule has 1 heterocycles. The number of carbonyl (C=O) groups excluding carboxylic acids is 3. The Morgan fingerprint density at radius 2 is 1.61 bits per heavy atom. The Morgan fingerprint density at radius 1 is 0.921 bits per heavy atom. The van der Waals surface area contributed by atoms with E-state index in [-0.39, 0.29) is 26.1 Å². The number of ether oxygens (including phenoxy) is 4. The van der Waals surface area contributed by atoms with Crippen molar-refractivity contribution in [3.63, 3.8) is 0 Å². The number of nitrogens with one attached hydrogen (secondary N) is 1. The average molecular weight is 542 g/mol. The maximum Gasteiger partial charge on any atom is 0.328 e. The fourth-order valence-electron chi connectivity index (χ4n) is 3.59. The number of methoxy groups -OCH3 is 2. The van der Waals surface area contributed by atoms with Gasteiger partial charge in [-0.3, -0.25) is 9.59 Å². The van der Waals surface area contributed by atoms with Crippen LogP contribution in [0.2, 0.25) is 0 Å². The molecule has 0 bridgehead atoms. The first kappa shape index (κ1) is 28.7. The molecule has 0 saturated heterocycles. The van der Waals surface area contributed by atoms with Gasteiger partial charge in [0.15, 0.2) is 0 Å². The van der Waals surface area contributed by atoms with Gasteiger partial charge in [-0.2, -0.15) is 0 Å². The Morgan fingerprint density at radius 3 is 2.29 bits per heavy atom. The summed E-state index contributed by atoms with van der Waals surface area (Å²) in [6, 6.07) is 11.8. The minimum absolute atomic E-state index is 0.0183. The zero-order chi connectivity index (χ0) is 27.5. The lowest BCUT2D eigenvalue weighted by atomic mass is 10.1. The number of hydrogen-bond donors (Lipinski definition) is 1. The fourth-order valence-corrected chi connectivity index (χ4v) is 4.58. The monoisotopic (exact) mass is 541 g/mol. The second kappa shape index (κ2) is 14.2. The van der Waals surface area contributed by atoms with E-state index in [1.165, 1.54) is 26.0 Å². The first-order chi connectivity index (χ1) is 18.4. The highest BCUT2D eigenvalue weighted by molar-refractivity contribution is 7.98. The van der Waals surface area contributed by atoms with Crippen LogP contribution in [0, 0.1) is 0 Å². The molecule has 2 aromatic carbocycles. The van der Waals surface area contributed by atoms with Crippen molar-refractivity contribution in [1.82, 2.24) is 15.3 Å². The Bertz CT molecular complexity index is 1280. The maximum atomic E-state index is 13.2. The number of benzene rings is 2. The van der Waals surface area contributed by atoms with Gasteiger partial charge in [-0.1, -0.05) is 18.2 Å². The Balaban J connectivity index is 1.74. The van der Waals surface area contributed by atoms with Crippen LogP contribution in [-0.2, 0) is 24.8 Å². The van der Waals surface area contributed by atoms with Gasteiger partial charge in [-0.25, -0.2) is 14.8 Å². The summed E-state index contributed by atoms with van der Waals surface area (Å²) >= 11 is 1.47. The molecule has 0 unspecified atom stereocenters. The summed E-state index contributed by atoms with van der Waals surface area (Å²) < 4.78 is 20.5. The summed E-state index contributed by atoms with van der Waals surface area (Å²) in [6.07, 6.45) is 0.0562. The molecule has 0 aliphatic rings. The molecule has 0 aliphatic heterocycles. The van der Waals surface area contributed by atoms with Crippen LogP contribution in [0.4, 0.5) is 0 Å². The van der Waals surface area contributed by atoms with Gasteiger partial charge < -0.3 is 24.3 Å². The molecule has 1 N–H and O–H groups in total. The third kappa shape index (κ3) is 7.58. The minimum Gasteiger partial charge on any atom is -0.477 e. The third-order valence-electron chi connectivity index (χ3n) is 5.40. The number of rotatable bonds is 13. The van der Waals surface area contributed by atoms with Crippen molar-refractivity contribution < 1.29 is 33.3 Å². The lowest BCUT2D eigenvalue weighted by Crippen LogP contribution is -2.42. The van der Waals surface area contributed by atoms with Gasteiger partial charge in [-0.05, 0) is 50.1 Å². The van der Waals surface area contributed by atoms with Gasteiger partial charge >= 0.3 is 11.9 Å². The molecule has 3 rings (SSSR count). The van der Waals surface area contributed by atoms with E-state index in [1.807, 2.05) is 30.3 Å². The van der Waals surface area contributed by atoms with E-state index in [0.717, 1.165) is 10.5 Å². The Labute approximate surface area is 225 Å². The standard InChI is InChI=1S/C27H31N3O7S/c1-5-36-23(31)14-13-20(27(33)37-6-2)28-24(32)18-9-7-8-10-22(18)38-16-17-11-12-19-21(15-17)30-26(35-4)25(29-19)34-3/h7-12,15,20H,5-6,13-14,16H2,1-4H3,(H,28,32)/t20-/m0/s1. The number of aromatic nitrogens is 2. The number of fused-ring (bicyclic) bond motifs is 1. The maximum absolute atomic E-state index is 13.2. The lowest BCUT2D eigenvalue weighted by Gasteiger charge is -2.18. The molecular formula is C27H31N3O7S. The number of amides is 1. The van der Waals surface area contributed by atoms with E-state index >= 15 is 0 Å². The first-order valence-corrected chi connectivity index (χ1v) is 13.1. The van der Waals surface area contributed by atoms with Gasteiger partial charge in [0.25, 0.3) is 17.7 Å². The second-order valence-electron chi connectivity index (χ2n) is 7.97. The molecule has 0 saturated carbocycles. The topological polar surface area (TPSA) is 126 Å². The van der Waals surface area contributed by atoms with Crippen LogP contribution in [0.25, 0.3) is 11.0 Å². The number of esters is 2. The van der Waals surface area contributed by atoms with Crippen LogP contribution in [-0.4, -0.2) is 61.3 Å². The van der Waals surface area contributed by atoms with Gasteiger partial charge in [0, 0.05) is 17.1 Å². The zero-order valence-electron chi connectivity index (χ0n) is 21.8. The van der Waals surface area contributed by atoms with Gasteiger partial charge in [0.2, 0.25) is 0 Å². The summed E-state index contributed by atoms with van der Waals surface area (Å²) in [5.74, 6) is -0.309. The largest absolute Gasteiger partial charge is 0.477 e. The molecule has 1 aromatic heterocycles. The Kier molecular flexibility index (Phi) is 10.7. The molecule has 0 aliphatic carbocycles. The number of thioether (sulfide) groups is 1. The molecule has 10 nitrogen and oxygen atoms in total. The molecule has 202 valence electrons. The number of carbonyl (C=O) groups is 3. The second-order valence-corrected chi connectivity index (χ2v) is 8.99. The van der Waals surface area contributed by atoms with Crippen LogP contribution < -0.4 is 14.8 Å². The highest BCUT2D eigenvalue weighted by atomic mass is 32.2. The minimum atomic E-state index is -0.976. The van der Waals surface area contributed by atoms with Gasteiger partial charge in [0.05, 0.1) is 44.0 Å². The summed E-state index contributed by atoms with van der Waals surface area (Å²) in [5.41, 5.74) is 2.71. The van der Waals surface area contributed by atoms with E-state index in [1.54, 1.807) is 26.0 Å². The normalized spacial score (nSPS) is 11.5. The summed E-state index contributed by atoms with van der Waals surface area (Å²) in [5, 5.41) is 2.72. The third-order valence-corrected chi connectivity index (χ3v) is 6.54. The Hall–Kier alpha value is -3.86. The fraction of sp³-hybridized carbons (Fsp3) is 0.370. The van der Waals surface area contributed by atoms with Gasteiger partial charge in [0.1, 0.15) is 6.04 Å². The summed E-state index contributed by atoms with van der Waals surface area (Å²) in [4.78, 5) is 47.0. The van der Waals surface area contributed by atoms with E-state index in [9.17, 15) is 14.4 Å². The first-order valence-electron chi connectivity index (χ1n) is 12.1. The van der Waals surface area contributed by atoms with E-state index < -0.39 is 23.9 Å². The molecule has 11 heteroatoms. The predicted molar refractivity (Wildman–Crippen MR) is 142 cm³/mol. The predicted octanol–water partition coefficient (Wildman–Crippen LogP) is 3.94. The van der Waals surface area contributed by atoms with E-state index in [4.69, 9.17) is 18.9 Å². The highest BCUT2D eigenvalue weighted by Crippen LogP contribution is 2.29. The van der Waals surface area contributed by atoms with Crippen LogP contribution in [0.15, 0.2) is 47.4 Å². The average Bonchev–Trinajstić information content (AvgIpc) is 2.93. The lowest BCUT2D eigenvalue weighted by molar-refractivity contribution is -0.146. The molecule has 1 amide bonds. The number of hydrogen-bond acceptors (Lipinski definition) is 10. The molecule has 0 fully saturated rings. The van der Waals surface area contributed by atoms with E-state index in [2.05, 4.69) is 15.3 Å². The van der Waals surface area contributed by atoms with Crippen LogP contribution in [0.5, 0.6) is 11.8 Å². The van der Waals surface area contributed by atoms with Crippen molar-refractivity contribution in [1.29, 1.82) is 0 Å². The molecule has 0 radical (unpaired) electrons. The van der Waals surface area contributed by atoms with Crippen molar-refractivity contribution in [2.24, 2.45) is 0 Å². The van der Waals surface area contributed by atoms with E-state index in [0.29, 0.717) is 34.1 Å². The van der Waals surface area contributed by atoms with Crippen molar-refractivity contribution >= 4 is 40.6 Å². The number of nitrogens with zero attached hydrogens (tertiary/aromatic N) is 2. The summed E-state index contributed by atoms with van der Waals surface area (Å²) in [7, 11) is 3.01. The van der Waals surface area contributed by atoms with Crippen LogP contribution >= 0.6 is 11.8 Å². The van der Waals surface area contributed by atoms with Crippen molar-refractivity contribution in [2.75, 3.05) is 27.4 Å². The molecule has 38 heavy (non-hydrogen) atoms. The van der Waals surface area contributed by atoms with Crippen LogP contribution in [0.3, 0.4) is 0 Å². The van der Waals surface area contributed by atoms with Crippen molar-refractivity contribution in [3.8, 4) is 11.8 Å². The quantitative estimate of drug-likeness (QED) is 0.251. The van der Waals surface area contributed by atoms with Crippen molar-refractivity contribution in [3.05, 3.63) is 53.6 Å². The molecule has 3 aromatic rings.